The SMILES string of the molecule is O=CC1=C(O)[C@@H](O)[C@@H](O)C(O)O1. The van der Waals surface area contributed by atoms with Gasteiger partial charge in [-0.2, -0.15) is 0 Å². The van der Waals surface area contributed by atoms with E-state index in [1.807, 2.05) is 0 Å². The number of carbonyl (C=O) groups is 1. The van der Waals surface area contributed by atoms with Crippen LogP contribution in [0, 0.1) is 0 Å². The van der Waals surface area contributed by atoms with Gasteiger partial charge in [0.2, 0.25) is 12.0 Å². The van der Waals surface area contributed by atoms with Crippen LogP contribution in [-0.2, 0) is 9.53 Å². The van der Waals surface area contributed by atoms with Crippen LogP contribution in [0.25, 0.3) is 0 Å². The third kappa shape index (κ3) is 1.27. The van der Waals surface area contributed by atoms with Crippen molar-refractivity contribution in [2.45, 2.75) is 18.5 Å². The predicted octanol–water partition coefficient (Wildman–Crippen LogP) is -1.97. The van der Waals surface area contributed by atoms with Crippen LogP contribution < -0.4 is 0 Å². The maximum absolute atomic E-state index is 10.1. The maximum atomic E-state index is 10.1. The molecule has 0 saturated heterocycles. The monoisotopic (exact) mass is 176 g/mol. The molecule has 0 fully saturated rings. The van der Waals surface area contributed by atoms with Crippen molar-refractivity contribution >= 4 is 6.29 Å². The molecule has 0 bridgehead atoms. The minimum Gasteiger partial charge on any atom is -0.506 e. The van der Waals surface area contributed by atoms with Crippen LogP contribution in [0.3, 0.4) is 0 Å². The summed E-state index contributed by atoms with van der Waals surface area (Å²) in [5.74, 6) is -1.34. The second-order valence-electron chi connectivity index (χ2n) is 2.31. The third-order valence-corrected chi connectivity index (χ3v) is 1.50. The first-order chi connectivity index (χ1) is 5.57. The largest absolute Gasteiger partial charge is 0.506 e. The van der Waals surface area contributed by atoms with Crippen molar-refractivity contribution in [2.24, 2.45) is 0 Å². The summed E-state index contributed by atoms with van der Waals surface area (Å²) in [4.78, 5) is 10.1. The van der Waals surface area contributed by atoms with E-state index < -0.39 is 30.0 Å². The maximum Gasteiger partial charge on any atom is 0.227 e. The van der Waals surface area contributed by atoms with Gasteiger partial charge in [0.25, 0.3) is 0 Å². The van der Waals surface area contributed by atoms with Gasteiger partial charge in [-0.05, 0) is 0 Å². The minimum absolute atomic E-state index is 0.133. The summed E-state index contributed by atoms with van der Waals surface area (Å²) in [7, 11) is 0. The fourth-order valence-corrected chi connectivity index (χ4v) is 0.812. The minimum atomic E-state index is -1.70. The van der Waals surface area contributed by atoms with Gasteiger partial charge in [-0.15, -0.1) is 0 Å². The highest BCUT2D eigenvalue weighted by molar-refractivity contribution is 5.71. The molecular formula is C6H8O6. The fourth-order valence-electron chi connectivity index (χ4n) is 0.812. The van der Waals surface area contributed by atoms with Crippen molar-refractivity contribution in [3.63, 3.8) is 0 Å². The Balaban J connectivity index is 2.94. The number of rotatable bonds is 1. The van der Waals surface area contributed by atoms with Crippen LogP contribution in [0.1, 0.15) is 0 Å². The van der Waals surface area contributed by atoms with Crippen LogP contribution in [0.4, 0.5) is 0 Å². The second-order valence-corrected chi connectivity index (χ2v) is 2.31. The lowest BCUT2D eigenvalue weighted by Gasteiger charge is -2.28. The van der Waals surface area contributed by atoms with E-state index in [0.29, 0.717) is 0 Å². The summed E-state index contributed by atoms with van der Waals surface area (Å²) in [5, 5.41) is 35.6. The van der Waals surface area contributed by atoms with Crippen LogP contribution in [0.2, 0.25) is 0 Å². The van der Waals surface area contributed by atoms with E-state index in [4.69, 9.17) is 20.4 Å². The molecule has 1 heterocycles. The van der Waals surface area contributed by atoms with Gasteiger partial charge in [-0.25, -0.2) is 0 Å². The highest BCUT2D eigenvalue weighted by atomic mass is 16.6. The summed E-state index contributed by atoms with van der Waals surface area (Å²) < 4.78 is 4.34. The fraction of sp³-hybridized carbons (Fsp3) is 0.500. The number of allylic oxidation sites excluding steroid dienone is 1. The van der Waals surface area contributed by atoms with E-state index >= 15 is 0 Å². The molecule has 6 heteroatoms. The molecule has 0 aromatic heterocycles. The molecule has 3 atom stereocenters. The average Bonchev–Trinajstić information content (AvgIpc) is 2.08. The van der Waals surface area contributed by atoms with Gasteiger partial charge < -0.3 is 25.2 Å². The Kier molecular flexibility index (Phi) is 2.32. The van der Waals surface area contributed by atoms with Gasteiger partial charge in [-0.3, -0.25) is 4.79 Å². The van der Waals surface area contributed by atoms with Crippen molar-refractivity contribution < 1.29 is 30.0 Å². The highest BCUT2D eigenvalue weighted by Crippen LogP contribution is 2.20. The van der Waals surface area contributed by atoms with E-state index in [9.17, 15) is 4.79 Å². The molecule has 12 heavy (non-hydrogen) atoms. The zero-order chi connectivity index (χ0) is 9.30. The van der Waals surface area contributed by atoms with Crippen LogP contribution in [0.5, 0.6) is 0 Å². The van der Waals surface area contributed by atoms with E-state index in [-0.39, 0.29) is 6.29 Å². The first-order valence-corrected chi connectivity index (χ1v) is 3.17. The Morgan fingerprint density at radius 2 is 1.92 bits per heavy atom. The summed E-state index contributed by atoms with van der Waals surface area (Å²) in [6, 6.07) is 0. The Morgan fingerprint density at radius 1 is 1.33 bits per heavy atom. The molecule has 0 spiro atoms. The van der Waals surface area contributed by atoms with E-state index in [2.05, 4.69) is 4.74 Å². The van der Waals surface area contributed by atoms with E-state index in [0.717, 1.165) is 0 Å². The number of aliphatic hydroxyl groups is 4. The van der Waals surface area contributed by atoms with Crippen molar-refractivity contribution in [2.75, 3.05) is 0 Å². The summed E-state index contributed by atoms with van der Waals surface area (Å²) >= 11 is 0. The lowest BCUT2D eigenvalue weighted by atomic mass is 10.1. The molecule has 0 amide bonds. The normalized spacial score (nSPS) is 36.1. The molecule has 1 rings (SSSR count). The smallest absolute Gasteiger partial charge is 0.227 e. The van der Waals surface area contributed by atoms with Gasteiger partial charge in [0.1, 0.15) is 12.2 Å². The summed E-state index contributed by atoms with van der Waals surface area (Å²) in [6.07, 6.45) is -4.90. The zero-order valence-electron chi connectivity index (χ0n) is 5.91. The lowest BCUT2D eigenvalue weighted by Crippen LogP contribution is -2.44. The molecular weight excluding hydrogens is 168 g/mol. The van der Waals surface area contributed by atoms with Crippen molar-refractivity contribution in [3.05, 3.63) is 11.5 Å². The number of carbonyl (C=O) groups excluding carboxylic acids is 1. The van der Waals surface area contributed by atoms with E-state index in [1.54, 1.807) is 0 Å². The molecule has 0 aromatic carbocycles. The number of aldehydes is 1. The molecule has 0 radical (unpaired) electrons. The molecule has 4 N–H and O–H groups in total. The average molecular weight is 176 g/mol. The first kappa shape index (κ1) is 8.98. The van der Waals surface area contributed by atoms with Gasteiger partial charge in [0, 0.05) is 0 Å². The number of ether oxygens (including phenoxy) is 1. The molecule has 0 saturated carbocycles. The number of aliphatic hydroxyl groups excluding tert-OH is 4. The van der Waals surface area contributed by atoms with Gasteiger partial charge in [-0.1, -0.05) is 0 Å². The van der Waals surface area contributed by atoms with Crippen LogP contribution in [-0.4, -0.2) is 45.2 Å². The molecule has 0 aromatic rings. The van der Waals surface area contributed by atoms with Crippen LogP contribution >= 0.6 is 0 Å². The van der Waals surface area contributed by atoms with Crippen molar-refractivity contribution in [3.8, 4) is 0 Å². The summed E-state index contributed by atoms with van der Waals surface area (Å²) in [5.41, 5.74) is 0. The molecule has 1 unspecified atom stereocenters. The van der Waals surface area contributed by atoms with Gasteiger partial charge in [0.15, 0.2) is 12.0 Å². The number of hydrogen-bond donors (Lipinski definition) is 4. The second kappa shape index (κ2) is 3.10. The lowest BCUT2D eigenvalue weighted by molar-refractivity contribution is -0.187. The summed E-state index contributed by atoms with van der Waals surface area (Å²) in [6.45, 7) is 0. The zero-order valence-corrected chi connectivity index (χ0v) is 5.91. The van der Waals surface area contributed by atoms with Crippen molar-refractivity contribution in [1.82, 2.24) is 0 Å². The Bertz CT molecular complexity index is 222. The number of hydrogen-bond acceptors (Lipinski definition) is 6. The molecule has 68 valence electrons. The molecule has 0 aliphatic carbocycles. The Labute approximate surface area is 67.3 Å². The van der Waals surface area contributed by atoms with E-state index in [1.165, 1.54) is 0 Å². The quantitative estimate of drug-likeness (QED) is 0.345. The van der Waals surface area contributed by atoms with Crippen LogP contribution in [0.15, 0.2) is 11.5 Å². The Hall–Kier alpha value is -1.11. The molecule has 1 aliphatic heterocycles. The third-order valence-electron chi connectivity index (χ3n) is 1.50. The van der Waals surface area contributed by atoms with Gasteiger partial charge >= 0.3 is 0 Å². The molecule has 1 aliphatic rings. The Morgan fingerprint density at radius 3 is 2.42 bits per heavy atom. The molecule has 6 nitrogen and oxygen atoms in total. The first-order valence-electron chi connectivity index (χ1n) is 3.17. The standard InChI is InChI=1S/C6H8O6/c7-1-2-3(8)4(9)5(10)6(11)12-2/h1,4-6,8-11H/t4-,5-,6?/m1/s1. The predicted molar refractivity (Wildman–Crippen MR) is 34.8 cm³/mol. The highest BCUT2D eigenvalue weighted by Gasteiger charge is 2.36. The van der Waals surface area contributed by atoms with Gasteiger partial charge in [0.05, 0.1) is 0 Å². The van der Waals surface area contributed by atoms with Crippen molar-refractivity contribution in [1.29, 1.82) is 0 Å². The topological polar surface area (TPSA) is 107 Å².